The quantitative estimate of drug-likeness (QED) is 0.925. The molecule has 0 aliphatic heterocycles. The summed E-state index contributed by atoms with van der Waals surface area (Å²) >= 11 is 0. The number of carbonyl (C=O) groups is 1. The van der Waals surface area contributed by atoms with Crippen molar-refractivity contribution >= 4 is 11.8 Å². The molecule has 2 aliphatic carbocycles. The number of nitrogens with zero attached hydrogens (tertiary/aromatic N) is 2. The zero-order chi connectivity index (χ0) is 15.7. The van der Waals surface area contributed by atoms with Gasteiger partial charge >= 0.3 is 6.09 Å². The van der Waals surface area contributed by atoms with Gasteiger partial charge in [-0.25, -0.2) is 4.79 Å². The normalized spacial score (nSPS) is 17.8. The summed E-state index contributed by atoms with van der Waals surface area (Å²) in [6.07, 6.45) is 7.32. The molecule has 22 heavy (non-hydrogen) atoms. The molecule has 1 saturated carbocycles. The van der Waals surface area contributed by atoms with E-state index in [1.807, 2.05) is 20.8 Å². The van der Waals surface area contributed by atoms with Crippen molar-refractivity contribution in [3.63, 3.8) is 0 Å². The largest absolute Gasteiger partial charge is 0.444 e. The SMILES string of the molecule is CC(C)(C)OC(=O)Nc1c(CC2CCC2)nnc2c1CCC2. The van der Waals surface area contributed by atoms with Gasteiger partial charge in [-0.3, -0.25) is 5.32 Å². The summed E-state index contributed by atoms with van der Waals surface area (Å²) in [5.74, 6) is 0.688. The Labute approximate surface area is 131 Å². The highest BCUT2D eigenvalue weighted by Crippen LogP contribution is 2.35. The summed E-state index contributed by atoms with van der Waals surface area (Å²) in [6.45, 7) is 5.62. The van der Waals surface area contributed by atoms with Crippen molar-refractivity contribution in [1.29, 1.82) is 0 Å². The number of ether oxygens (including phenoxy) is 1. The van der Waals surface area contributed by atoms with Crippen LogP contribution in [0.4, 0.5) is 10.5 Å². The Kier molecular flexibility index (Phi) is 4.06. The van der Waals surface area contributed by atoms with Crippen LogP contribution in [0.1, 0.15) is 63.4 Å². The van der Waals surface area contributed by atoms with E-state index in [1.54, 1.807) is 0 Å². The third kappa shape index (κ3) is 3.39. The number of hydrogen-bond acceptors (Lipinski definition) is 4. The molecule has 1 amide bonds. The summed E-state index contributed by atoms with van der Waals surface area (Å²) < 4.78 is 5.40. The zero-order valence-corrected chi connectivity index (χ0v) is 13.7. The highest BCUT2D eigenvalue weighted by atomic mass is 16.6. The molecule has 5 heteroatoms. The fraction of sp³-hybridized carbons (Fsp3) is 0.706. The van der Waals surface area contributed by atoms with Crippen LogP contribution in [0.3, 0.4) is 0 Å². The van der Waals surface area contributed by atoms with Gasteiger partial charge in [0.05, 0.1) is 17.1 Å². The summed E-state index contributed by atoms with van der Waals surface area (Å²) in [5, 5.41) is 11.7. The lowest BCUT2D eigenvalue weighted by Gasteiger charge is -2.26. The van der Waals surface area contributed by atoms with Gasteiger partial charge in [0.25, 0.3) is 0 Å². The Hall–Kier alpha value is -1.65. The average Bonchev–Trinajstić information content (AvgIpc) is 2.81. The Morgan fingerprint density at radius 1 is 1.23 bits per heavy atom. The van der Waals surface area contributed by atoms with Crippen LogP contribution >= 0.6 is 0 Å². The van der Waals surface area contributed by atoms with Gasteiger partial charge in [0.1, 0.15) is 5.60 Å². The van der Waals surface area contributed by atoms with Crippen molar-refractivity contribution in [3.8, 4) is 0 Å². The molecule has 0 saturated heterocycles. The van der Waals surface area contributed by atoms with E-state index in [9.17, 15) is 4.79 Å². The van der Waals surface area contributed by atoms with E-state index in [1.165, 1.54) is 19.3 Å². The average molecular weight is 303 g/mol. The van der Waals surface area contributed by atoms with Crippen LogP contribution in [0, 0.1) is 5.92 Å². The predicted octanol–water partition coefficient (Wildman–Crippen LogP) is 3.65. The molecule has 5 nitrogen and oxygen atoms in total. The second-order valence-electron chi connectivity index (χ2n) is 7.43. The van der Waals surface area contributed by atoms with Gasteiger partial charge in [0.2, 0.25) is 0 Å². The standard InChI is InChI=1S/C17H25N3O2/c1-17(2,3)22-16(21)18-15-12-8-5-9-13(12)19-20-14(15)10-11-6-4-7-11/h11H,4-10H2,1-3H3,(H,18,19,21). The van der Waals surface area contributed by atoms with Crippen molar-refractivity contribution in [1.82, 2.24) is 10.2 Å². The summed E-state index contributed by atoms with van der Waals surface area (Å²) in [4.78, 5) is 12.2. The molecule has 0 aromatic carbocycles. The Bertz CT molecular complexity index is 574. The number of carbonyl (C=O) groups excluding carboxylic acids is 1. The van der Waals surface area contributed by atoms with Crippen LogP contribution in [0.5, 0.6) is 0 Å². The first-order valence-electron chi connectivity index (χ1n) is 8.29. The molecule has 1 N–H and O–H groups in total. The lowest BCUT2D eigenvalue weighted by molar-refractivity contribution is 0.0635. The molecule has 0 spiro atoms. The number of aromatic nitrogens is 2. The fourth-order valence-electron chi connectivity index (χ4n) is 3.12. The molecule has 0 atom stereocenters. The van der Waals surface area contributed by atoms with Crippen molar-refractivity contribution in [2.75, 3.05) is 5.32 Å². The van der Waals surface area contributed by atoms with Crippen molar-refractivity contribution in [2.24, 2.45) is 5.92 Å². The van der Waals surface area contributed by atoms with Crippen LogP contribution in [0.2, 0.25) is 0 Å². The van der Waals surface area contributed by atoms with E-state index in [0.29, 0.717) is 5.92 Å². The number of fused-ring (bicyclic) bond motifs is 1. The maximum Gasteiger partial charge on any atom is 0.412 e. The first-order chi connectivity index (χ1) is 10.4. The number of anilines is 1. The van der Waals surface area contributed by atoms with Crippen LogP contribution in [0.15, 0.2) is 0 Å². The highest BCUT2D eigenvalue weighted by Gasteiger charge is 2.27. The first kappa shape index (κ1) is 15.3. The van der Waals surface area contributed by atoms with Crippen molar-refractivity contribution in [3.05, 3.63) is 17.0 Å². The lowest BCUT2D eigenvalue weighted by Crippen LogP contribution is -2.28. The van der Waals surface area contributed by atoms with Crippen LogP contribution < -0.4 is 5.32 Å². The molecule has 1 aromatic rings. The van der Waals surface area contributed by atoms with Gasteiger partial charge in [-0.2, -0.15) is 10.2 Å². The molecule has 1 heterocycles. The van der Waals surface area contributed by atoms with Gasteiger partial charge in [0.15, 0.2) is 0 Å². The monoisotopic (exact) mass is 303 g/mol. The molecule has 3 rings (SSSR count). The molecule has 1 aromatic heterocycles. The first-order valence-corrected chi connectivity index (χ1v) is 8.29. The molecule has 2 aliphatic rings. The van der Waals surface area contributed by atoms with Crippen LogP contribution in [-0.4, -0.2) is 21.9 Å². The minimum absolute atomic E-state index is 0.399. The second-order valence-corrected chi connectivity index (χ2v) is 7.43. The maximum absolute atomic E-state index is 12.2. The van der Waals surface area contributed by atoms with Gasteiger partial charge in [-0.05, 0) is 52.4 Å². The minimum Gasteiger partial charge on any atom is -0.444 e. The molecule has 1 fully saturated rings. The predicted molar refractivity (Wildman–Crippen MR) is 85.0 cm³/mol. The molecular formula is C17H25N3O2. The topological polar surface area (TPSA) is 64.1 Å². The fourth-order valence-corrected chi connectivity index (χ4v) is 3.12. The third-order valence-corrected chi connectivity index (χ3v) is 4.40. The summed E-state index contributed by atoms with van der Waals surface area (Å²) in [6, 6.07) is 0. The maximum atomic E-state index is 12.2. The number of hydrogen-bond donors (Lipinski definition) is 1. The zero-order valence-electron chi connectivity index (χ0n) is 13.7. The van der Waals surface area contributed by atoms with Gasteiger partial charge < -0.3 is 4.74 Å². The van der Waals surface area contributed by atoms with E-state index < -0.39 is 11.7 Å². The second kappa shape index (κ2) is 5.86. The van der Waals surface area contributed by atoms with Gasteiger partial charge in [-0.15, -0.1) is 0 Å². The summed E-state index contributed by atoms with van der Waals surface area (Å²) in [7, 11) is 0. The lowest BCUT2D eigenvalue weighted by atomic mass is 9.81. The molecule has 0 radical (unpaired) electrons. The third-order valence-electron chi connectivity index (χ3n) is 4.40. The van der Waals surface area contributed by atoms with Crippen LogP contribution in [-0.2, 0) is 24.0 Å². The Morgan fingerprint density at radius 2 is 2.00 bits per heavy atom. The van der Waals surface area contributed by atoms with E-state index in [0.717, 1.165) is 48.3 Å². The number of amides is 1. The van der Waals surface area contributed by atoms with E-state index >= 15 is 0 Å². The molecule has 120 valence electrons. The number of rotatable bonds is 3. The van der Waals surface area contributed by atoms with Crippen molar-refractivity contribution in [2.45, 2.75) is 71.3 Å². The van der Waals surface area contributed by atoms with E-state index in [-0.39, 0.29) is 0 Å². The highest BCUT2D eigenvalue weighted by molar-refractivity contribution is 5.87. The Morgan fingerprint density at radius 3 is 2.64 bits per heavy atom. The van der Waals surface area contributed by atoms with Gasteiger partial charge in [-0.1, -0.05) is 19.3 Å². The molecule has 0 bridgehead atoms. The van der Waals surface area contributed by atoms with E-state index in [2.05, 4.69) is 15.5 Å². The molecular weight excluding hydrogens is 278 g/mol. The molecule has 0 unspecified atom stereocenters. The number of aryl methyl sites for hydroxylation is 1. The summed E-state index contributed by atoms with van der Waals surface area (Å²) in [5.41, 5.74) is 3.49. The van der Waals surface area contributed by atoms with Gasteiger partial charge in [0, 0.05) is 5.56 Å². The van der Waals surface area contributed by atoms with E-state index in [4.69, 9.17) is 4.74 Å². The van der Waals surface area contributed by atoms with Crippen molar-refractivity contribution < 1.29 is 9.53 Å². The Balaban J connectivity index is 1.83. The van der Waals surface area contributed by atoms with Crippen LogP contribution in [0.25, 0.3) is 0 Å². The number of nitrogens with one attached hydrogen (secondary N) is 1. The minimum atomic E-state index is -0.498. The smallest absolute Gasteiger partial charge is 0.412 e.